The van der Waals surface area contributed by atoms with Gasteiger partial charge in [0.25, 0.3) is 0 Å². The van der Waals surface area contributed by atoms with Crippen LogP contribution in [-0.2, 0) is 6.54 Å². The van der Waals surface area contributed by atoms with Crippen molar-refractivity contribution in [2.24, 2.45) is 0 Å². The van der Waals surface area contributed by atoms with Gasteiger partial charge in [-0.05, 0) is 60.4 Å². The number of hydrogen-bond donors (Lipinski definition) is 0. The number of aromatic nitrogens is 3. The summed E-state index contributed by atoms with van der Waals surface area (Å²) in [7, 11) is 0. The van der Waals surface area contributed by atoms with Crippen molar-refractivity contribution in [2.45, 2.75) is 25.4 Å². The molecule has 0 amide bonds. The standard InChI is InChI=1S/C23H17F3N4O6/c1-22(12-29-10-19(30(31)32)28-21(29)36-22)13-34-16-6-2-14(3-7-16)18-11-33-20(27-18)15-4-8-17(9-5-15)35-23(24,25)26/h2-11H,12-13H2,1H3/t22-/m1/s1. The van der Waals surface area contributed by atoms with Gasteiger partial charge in [0.05, 0.1) is 6.54 Å². The van der Waals surface area contributed by atoms with Gasteiger partial charge in [0.15, 0.2) is 5.60 Å². The first kappa shape index (κ1) is 23.2. The summed E-state index contributed by atoms with van der Waals surface area (Å²) < 4.78 is 59.5. The summed E-state index contributed by atoms with van der Waals surface area (Å²) in [5, 5.41) is 10.8. The van der Waals surface area contributed by atoms with E-state index in [0.29, 0.717) is 23.6 Å². The van der Waals surface area contributed by atoms with E-state index in [4.69, 9.17) is 13.9 Å². The number of nitrogens with zero attached hydrogens (tertiary/aromatic N) is 4. The summed E-state index contributed by atoms with van der Waals surface area (Å²) in [6.45, 7) is 2.36. The second kappa shape index (κ2) is 8.59. The SMILES string of the molecule is C[C@]1(COc2ccc(-c3coc(-c4ccc(OC(F)(F)F)cc4)n3)cc2)Cn2cc([N+](=O)[O-])nc2O1. The molecule has 36 heavy (non-hydrogen) atoms. The molecule has 0 unspecified atom stereocenters. The van der Waals surface area contributed by atoms with Crippen LogP contribution in [0.25, 0.3) is 22.7 Å². The highest BCUT2D eigenvalue weighted by Crippen LogP contribution is 2.32. The third-order valence-electron chi connectivity index (χ3n) is 5.29. The predicted molar refractivity (Wildman–Crippen MR) is 117 cm³/mol. The van der Waals surface area contributed by atoms with Crippen LogP contribution in [0, 0.1) is 10.1 Å². The van der Waals surface area contributed by atoms with Crippen molar-refractivity contribution in [1.29, 1.82) is 0 Å². The predicted octanol–water partition coefficient (Wildman–Crippen LogP) is 5.24. The molecule has 0 N–H and O–H groups in total. The summed E-state index contributed by atoms with van der Waals surface area (Å²) in [6, 6.07) is 12.4. The highest BCUT2D eigenvalue weighted by atomic mass is 19.4. The molecule has 0 bridgehead atoms. The third-order valence-corrected chi connectivity index (χ3v) is 5.29. The molecular weight excluding hydrogens is 485 g/mol. The minimum absolute atomic E-state index is 0.174. The molecule has 0 fully saturated rings. The van der Waals surface area contributed by atoms with Crippen molar-refractivity contribution in [1.82, 2.24) is 14.5 Å². The van der Waals surface area contributed by atoms with E-state index in [0.717, 1.165) is 5.56 Å². The average Bonchev–Trinajstić information content (AvgIpc) is 3.52. The summed E-state index contributed by atoms with van der Waals surface area (Å²) in [5.41, 5.74) is 1.03. The maximum atomic E-state index is 12.3. The van der Waals surface area contributed by atoms with Crippen LogP contribution in [0.3, 0.4) is 0 Å². The van der Waals surface area contributed by atoms with E-state index in [2.05, 4.69) is 14.7 Å². The number of rotatable bonds is 7. The molecule has 0 radical (unpaired) electrons. The summed E-state index contributed by atoms with van der Waals surface area (Å²) in [5.74, 6) is 0.208. The van der Waals surface area contributed by atoms with Gasteiger partial charge in [-0.25, -0.2) is 4.98 Å². The average molecular weight is 502 g/mol. The van der Waals surface area contributed by atoms with Gasteiger partial charge in [0, 0.05) is 16.1 Å². The molecule has 0 saturated heterocycles. The summed E-state index contributed by atoms with van der Waals surface area (Å²) in [4.78, 5) is 18.5. The van der Waals surface area contributed by atoms with Crippen LogP contribution < -0.4 is 14.2 Å². The first-order valence-corrected chi connectivity index (χ1v) is 10.5. The van der Waals surface area contributed by atoms with Crippen molar-refractivity contribution in [3.8, 4) is 40.2 Å². The second-order valence-corrected chi connectivity index (χ2v) is 8.24. The maximum absolute atomic E-state index is 12.3. The van der Waals surface area contributed by atoms with Crippen molar-refractivity contribution in [3.63, 3.8) is 0 Å². The number of benzene rings is 2. The Morgan fingerprint density at radius 1 is 1.08 bits per heavy atom. The fraction of sp³-hybridized carbons (Fsp3) is 0.217. The molecule has 3 heterocycles. The molecule has 5 rings (SSSR count). The monoisotopic (exact) mass is 502 g/mol. The Bertz CT molecular complexity index is 1370. The number of nitro groups is 1. The Balaban J connectivity index is 1.20. The molecule has 1 aliphatic heterocycles. The number of hydrogen-bond acceptors (Lipinski definition) is 8. The van der Waals surface area contributed by atoms with Crippen LogP contribution in [0.5, 0.6) is 17.5 Å². The van der Waals surface area contributed by atoms with E-state index in [1.165, 1.54) is 36.7 Å². The zero-order chi connectivity index (χ0) is 25.5. The van der Waals surface area contributed by atoms with Gasteiger partial charge >= 0.3 is 18.2 Å². The van der Waals surface area contributed by atoms with Crippen molar-refractivity contribution >= 4 is 5.82 Å². The van der Waals surface area contributed by atoms with Gasteiger partial charge in [-0.2, -0.15) is 0 Å². The minimum atomic E-state index is -4.76. The molecule has 2 aromatic heterocycles. The lowest BCUT2D eigenvalue weighted by Gasteiger charge is -2.22. The molecule has 0 spiro atoms. The number of fused-ring (bicyclic) bond motifs is 1. The number of ether oxygens (including phenoxy) is 3. The molecule has 10 nitrogen and oxygen atoms in total. The number of halogens is 3. The molecule has 0 aliphatic carbocycles. The van der Waals surface area contributed by atoms with Gasteiger partial charge in [0.1, 0.15) is 36.3 Å². The van der Waals surface area contributed by atoms with Gasteiger partial charge < -0.3 is 28.7 Å². The Morgan fingerprint density at radius 3 is 2.39 bits per heavy atom. The first-order valence-electron chi connectivity index (χ1n) is 10.5. The van der Waals surface area contributed by atoms with Crippen LogP contribution in [0.1, 0.15) is 6.92 Å². The lowest BCUT2D eigenvalue weighted by atomic mass is 10.1. The number of alkyl halides is 3. The smallest absolute Gasteiger partial charge is 0.489 e. The zero-order valence-corrected chi connectivity index (χ0v) is 18.6. The topological polar surface area (TPSA) is 115 Å². The quantitative estimate of drug-likeness (QED) is 0.249. The van der Waals surface area contributed by atoms with Crippen LogP contribution in [-0.4, -0.2) is 38.0 Å². The molecule has 0 saturated carbocycles. The Hall–Kier alpha value is -4.55. The van der Waals surface area contributed by atoms with E-state index in [1.54, 1.807) is 28.8 Å². The van der Waals surface area contributed by atoms with Crippen molar-refractivity contribution in [2.75, 3.05) is 6.61 Å². The Morgan fingerprint density at radius 2 is 1.75 bits per heavy atom. The molecule has 2 aromatic carbocycles. The van der Waals surface area contributed by atoms with Crippen molar-refractivity contribution < 1.29 is 36.7 Å². The fourth-order valence-electron chi connectivity index (χ4n) is 3.65. The lowest BCUT2D eigenvalue weighted by molar-refractivity contribution is -0.389. The van der Waals surface area contributed by atoms with E-state index in [9.17, 15) is 23.3 Å². The van der Waals surface area contributed by atoms with Gasteiger partial charge in [-0.15, -0.1) is 13.2 Å². The lowest BCUT2D eigenvalue weighted by Crippen LogP contribution is -2.38. The molecule has 1 atom stereocenters. The zero-order valence-electron chi connectivity index (χ0n) is 18.6. The first-order chi connectivity index (χ1) is 17.1. The second-order valence-electron chi connectivity index (χ2n) is 8.24. The highest BCUT2D eigenvalue weighted by molar-refractivity contribution is 5.63. The van der Waals surface area contributed by atoms with Crippen LogP contribution in [0.4, 0.5) is 19.0 Å². The largest absolute Gasteiger partial charge is 0.573 e. The molecule has 4 aromatic rings. The van der Waals surface area contributed by atoms with E-state index >= 15 is 0 Å². The molecular formula is C23H17F3N4O6. The Labute approximate surface area is 201 Å². The summed E-state index contributed by atoms with van der Waals surface area (Å²) in [6.07, 6.45) is -1.99. The highest BCUT2D eigenvalue weighted by Gasteiger charge is 2.41. The van der Waals surface area contributed by atoms with Crippen LogP contribution in [0.15, 0.2) is 65.4 Å². The number of oxazole rings is 1. The van der Waals surface area contributed by atoms with Gasteiger partial charge in [0.2, 0.25) is 5.89 Å². The van der Waals surface area contributed by atoms with E-state index in [-0.39, 0.29) is 30.1 Å². The normalized spacial score (nSPS) is 16.9. The maximum Gasteiger partial charge on any atom is 0.573 e. The molecule has 1 aliphatic rings. The third kappa shape index (κ3) is 4.94. The van der Waals surface area contributed by atoms with E-state index in [1.807, 2.05) is 6.92 Å². The molecule has 13 heteroatoms. The van der Waals surface area contributed by atoms with E-state index < -0.39 is 16.9 Å². The van der Waals surface area contributed by atoms with Crippen molar-refractivity contribution in [3.05, 3.63) is 71.1 Å². The minimum Gasteiger partial charge on any atom is -0.489 e. The molecule has 186 valence electrons. The van der Waals surface area contributed by atoms with Gasteiger partial charge in [-0.3, -0.25) is 4.57 Å². The van der Waals surface area contributed by atoms with Crippen LogP contribution >= 0.6 is 0 Å². The fourth-order valence-corrected chi connectivity index (χ4v) is 3.65. The Kier molecular flexibility index (Phi) is 5.54. The van der Waals surface area contributed by atoms with Crippen LogP contribution in [0.2, 0.25) is 0 Å². The van der Waals surface area contributed by atoms with Gasteiger partial charge in [-0.1, -0.05) is 0 Å². The summed E-state index contributed by atoms with van der Waals surface area (Å²) >= 11 is 0. The number of imidazole rings is 1.